The van der Waals surface area contributed by atoms with Crippen molar-refractivity contribution < 1.29 is 18.0 Å². The Morgan fingerprint density at radius 1 is 0.923 bits per heavy atom. The first kappa shape index (κ1) is 30.4. The van der Waals surface area contributed by atoms with Crippen LogP contribution in [0.2, 0.25) is 0 Å². The molecule has 1 N–H and O–H groups in total. The lowest BCUT2D eigenvalue weighted by Gasteiger charge is -2.32. The molecule has 39 heavy (non-hydrogen) atoms. The van der Waals surface area contributed by atoms with Gasteiger partial charge in [-0.15, -0.1) is 0 Å². The summed E-state index contributed by atoms with van der Waals surface area (Å²) in [5, 5.41) is 2.90. The van der Waals surface area contributed by atoms with Crippen LogP contribution < -0.4 is 9.62 Å². The van der Waals surface area contributed by atoms with E-state index in [1.807, 2.05) is 52.0 Å². The highest BCUT2D eigenvalue weighted by Gasteiger charge is 2.32. The molecule has 0 saturated heterocycles. The molecule has 0 radical (unpaired) electrons. The monoisotopic (exact) mass is 613 g/mol. The minimum absolute atomic E-state index is 0.0778. The molecule has 7 nitrogen and oxygen atoms in total. The van der Waals surface area contributed by atoms with Gasteiger partial charge in [-0.2, -0.15) is 0 Å². The predicted octanol–water partition coefficient (Wildman–Crippen LogP) is 5.45. The molecular weight excluding hydrogens is 578 g/mol. The van der Waals surface area contributed by atoms with Crippen LogP contribution in [0.25, 0.3) is 0 Å². The van der Waals surface area contributed by atoms with Crippen molar-refractivity contribution in [2.45, 2.75) is 52.1 Å². The summed E-state index contributed by atoms with van der Waals surface area (Å²) < 4.78 is 29.5. The van der Waals surface area contributed by atoms with E-state index in [9.17, 15) is 18.0 Å². The fraction of sp³-hybridized carbons (Fsp3) is 0.333. The molecule has 208 valence electrons. The number of hydrogen-bond donors (Lipinski definition) is 1. The molecule has 3 aromatic carbocycles. The number of anilines is 1. The number of carbonyl (C=O) groups excluding carboxylic acids is 2. The summed E-state index contributed by atoms with van der Waals surface area (Å²) in [6, 6.07) is 20.1. The third-order valence-electron chi connectivity index (χ3n) is 6.44. The SMILES string of the molecule is Cc1ccc(S(=O)(=O)N(CC(=O)N(Cc2ccccc2C)C(C)C(=O)NCC(C)C)c2cccc(Br)c2)cc1. The average molecular weight is 615 g/mol. The van der Waals surface area contributed by atoms with Crippen LogP contribution in [0.4, 0.5) is 5.69 Å². The minimum atomic E-state index is -4.10. The van der Waals surface area contributed by atoms with Gasteiger partial charge in [-0.1, -0.05) is 77.8 Å². The lowest BCUT2D eigenvalue weighted by atomic mass is 10.1. The molecular formula is C30H36BrN3O4S. The molecule has 3 aromatic rings. The van der Waals surface area contributed by atoms with Crippen LogP contribution in [0, 0.1) is 19.8 Å². The van der Waals surface area contributed by atoms with Crippen LogP contribution in [0.15, 0.2) is 82.2 Å². The molecule has 0 aliphatic rings. The standard InChI is InChI=1S/C30H36BrN3O4S/c1-21(2)18-32-30(36)24(5)33(19-25-10-7-6-9-23(25)4)29(35)20-34(27-12-8-11-26(31)17-27)39(37,38)28-15-13-22(3)14-16-28/h6-17,21,24H,18-20H2,1-5H3,(H,32,36). The molecule has 0 aliphatic heterocycles. The largest absolute Gasteiger partial charge is 0.354 e. The van der Waals surface area contributed by atoms with E-state index < -0.39 is 28.5 Å². The Bertz CT molecular complexity index is 1410. The maximum Gasteiger partial charge on any atom is 0.264 e. The molecule has 3 rings (SSSR count). The van der Waals surface area contributed by atoms with E-state index in [2.05, 4.69) is 21.2 Å². The van der Waals surface area contributed by atoms with Gasteiger partial charge in [0, 0.05) is 17.6 Å². The van der Waals surface area contributed by atoms with Crippen molar-refractivity contribution in [3.05, 3.63) is 94.0 Å². The Labute approximate surface area is 240 Å². The minimum Gasteiger partial charge on any atom is -0.354 e. The lowest BCUT2D eigenvalue weighted by molar-refractivity contribution is -0.139. The van der Waals surface area contributed by atoms with Crippen LogP contribution in [-0.2, 0) is 26.2 Å². The molecule has 0 spiro atoms. The Kier molecular flexibility index (Phi) is 10.3. The lowest BCUT2D eigenvalue weighted by Crippen LogP contribution is -2.51. The van der Waals surface area contributed by atoms with Crippen LogP contribution >= 0.6 is 15.9 Å². The smallest absolute Gasteiger partial charge is 0.264 e. The first-order chi connectivity index (χ1) is 18.4. The van der Waals surface area contributed by atoms with E-state index in [0.29, 0.717) is 16.7 Å². The highest BCUT2D eigenvalue weighted by atomic mass is 79.9. The number of rotatable bonds is 11. The number of amides is 2. The zero-order valence-corrected chi connectivity index (χ0v) is 25.4. The van der Waals surface area contributed by atoms with Crippen molar-refractivity contribution in [1.82, 2.24) is 10.2 Å². The molecule has 0 aromatic heterocycles. The van der Waals surface area contributed by atoms with Crippen LogP contribution in [0.3, 0.4) is 0 Å². The average Bonchev–Trinajstić information content (AvgIpc) is 2.89. The highest BCUT2D eigenvalue weighted by Crippen LogP contribution is 2.27. The van der Waals surface area contributed by atoms with Gasteiger partial charge >= 0.3 is 0 Å². The van der Waals surface area contributed by atoms with Gasteiger partial charge in [0.05, 0.1) is 10.6 Å². The Hall–Kier alpha value is -3.17. The van der Waals surface area contributed by atoms with Crippen molar-refractivity contribution in [3.8, 4) is 0 Å². The molecule has 9 heteroatoms. The summed E-state index contributed by atoms with van der Waals surface area (Å²) in [4.78, 5) is 28.6. The Morgan fingerprint density at radius 3 is 2.21 bits per heavy atom. The summed E-state index contributed by atoms with van der Waals surface area (Å²) >= 11 is 3.41. The van der Waals surface area contributed by atoms with Gasteiger partial charge in [-0.25, -0.2) is 8.42 Å². The third kappa shape index (κ3) is 7.92. The molecule has 0 fully saturated rings. The predicted molar refractivity (Wildman–Crippen MR) is 159 cm³/mol. The van der Waals surface area contributed by atoms with E-state index in [-0.39, 0.29) is 23.3 Å². The van der Waals surface area contributed by atoms with Crippen LogP contribution in [0.1, 0.15) is 37.5 Å². The molecule has 0 saturated carbocycles. The fourth-order valence-corrected chi connectivity index (χ4v) is 5.80. The van der Waals surface area contributed by atoms with Gasteiger partial charge in [0.2, 0.25) is 11.8 Å². The third-order valence-corrected chi connectivity index (χ3v) is 8.72. The van der Waals surface area contributed by atoms with Gasteiger partial charge in [0.25, 0.3) is 10.0 Å². The van der Waals surface area contributed by atoms with E-state index in [0.717, 1.165) is 21.0 Å². The van der Waals surface area contributed by atoms with Crippen molar-refractivity contribution >= 4 is 43.5 Å². The molecule has 0 bridgehead atoms. The molecule has 0 heterocycles. The topological polar surface area (TPSA) is 86.8 Å². The normalized spacial score (nSPS) is 12.2. The van der Waals surface area contributed by atoms with Crippen molar-refractivity contribution in [3.63, 3.8) is 0 Å². The van der Waals surface area contributed by atoms with Gasteiger partial charge < -0.3 is 10.2 Å². The summed E-state index contributed by atoms with van der Waals surface area (Å²) in [6.07, 6.45) is 0. The quantitative estimate of drug-likeness (QED) is 0.311. The number of nitrogens with one attached hydrogen (secondary N) is 1. The van der Waals surface area contributed by atoms with Gasteiger partial charge in [0.15, 0.2) is 0 Å². The second-order valence-electron chi connectivity index (χ2n) is 10.1. The number of sulfonamides is 1. The summed E-state index contributed by atoms with van der Waals surface area (Å²) in [5.41, 5.74) is 3.11. The van der Waals surface area contributed by atoms with Gasteiger partial charge in [-0.05, 0) is 68.1 Å². The highest BCUT2D eigenvalue weighted by molar-refractivity contribution is 9.10. The molecule has 2 amide bonds. The summed E-state index contributed by atoms with van der Waals surface area (Å²) in [6.45, 7) is 9.64. The van der Waals surface area contributed by atoms with Gasteiger partial charge in [-0.3, -0.25) is 13.9 Å². The van der Waals surface area contributed by atoms with E-state index in [1.165, 1.54) is 17.0 Å². The molecule has 0 aliphatic carbocycles. The second-order valence-corrected chi connectivity index (χ2v) is 12.8. The number of nitrogens with zero attached hydrogens (tertiary/aromatic N) is 2. The Balaban J connectivity index is 2.02. The van der Waals surface area contributed by atoms with E-state index in [4.69, 9.17) is 0 Å². The zero-order chi connectivity index (χ0) is 28.7. The molecule has 1 atom stereocenters. The maximum atomic E-state index is 14.0. The maximum absolute atomic E-state index is 14.0. The molecule has 1 unspecified atom stereocenters. The first-order valence-corrected chi connectivity index (χ1v) is 15.1. The van der Waals surface area contributed by atoms with Crippen LogP contribution in [0.5, 0.6) is 0 Å². The van der Waals surface area contributed by atoms with Gasteiger partial charge in [0.1, 0.15) is 12.6 Å². The van der Waals surface area contributed by atoms with E-state index >= 15 is 0 Å². The number of halogens is 1. The van der Waals surface area contributed by atoms with Crippen molar-refractivity contribution in [2.24, 2.45) is 5.92 Å². The number of benzene rings is 3. The summed E-state index contributed by atoms with van der Waals surface area (Å²) in [5.74, 6) is -0.532. The number of aryl methyl sites for hydroxylation is 2. The fourth-order valence-electron chi connectivity index (χ4n) is 4.00. The Morgan fingerprint density at radius 2 is 1.59 bits per heavy atom. The zero-order valence-electron chi connectivity index (χ0n) is 23.0. The first-order valence-electron chi connectivity index (χ1n) is 12.9. The second kappa shape index (κ2) is 13.3. The number of hydrogen-bond acceptors (Lipinski definition) is 4. The van der Waals surface area contributed by atoms with Crippen molar-refractivity contribution in [2.75, 3.05) is 17.4 Å². The van der Waals surface area contributed by atoms with Crippen LogP contribution in [-0.4, -0.2) is 44.3 Å². The summed E-state index contributed by atoms with van der Waals surface area (Å²) in [7, 11) is -4.10. The number of carbonyl (C=O) groups is 2. The van der Waals surface area contributed by atoms with E-state index in [1.54, 1.807) is 43.3 Å². The van der Waals surface area contributed by atoms with Crippen molar-refractivity contribution in [1.29, 1.82) is 0 Å².